The second-order valence-corrected chi connectivity index (χ2v) is 7.00. The summed E-state index contributed by atoms with van der Waals surface area (Å²) in [5.41, 5.74) is 2.16. The number of ether oxygens (including phenoxy) is 2. The number of carbonyl (C=O) groups excluding carboxylic acids is 2. The van der Waals surface area contributed by atoms with Gasteiger partial charge in [0.25, 0.3) is 0 Å². The maximum absolute atomic E-state index is 13.2. The first-order valence-corrected chi connectivity index (χ1v) is 10.3. The molecule has 0 spiro atoms. The van der Waals surface area contributed by atoms with Crippen LogP contribution in [0, 0.1) is 0 Å². The lowest BCUT2D eigenvalue weighted by Crippen LogP contribution is -2.32. The Balaban J connectivity index is 1.85. The molecule has 32 heavy (non-hydrogen) atoms. The van der Waals surface area contributed by atoms with E-state index in [0.29, 0.717) is 12.2 Å². The van der Waals surface area contributed by atoms with Gasteiger partial charge < -0.3 is 18.8 Å². The molecule has 0 aliphatic heterocycles. The van der Waals surface area contributed by atoms with Gasteiger partial charge in [-0.15, -0.1) is 0 Å². The Morgan fingerprint density at radius 3 is 2.59 bits per heavy atom. The molecule has 0 saturated carbocycles. The number of rotatable bonds is 9. The topological polar surface area (TPSA) is 81.9 Å². The number of benzene rings is 1. The largest absolute Gasteiger partial charge is 0.494 e. The first-order chi connectivity index (χ1) is 15.5. The number of hydrogen-bond donors (Lipinski definition) is 0. The summed E-state index contributed by atoms with van der Waals surface area (Å²) in [5, 5.41) is 0. The molecule has 2 aromatic heterocycles. The fourth-order valence-corrected chi connectivity index (χ4v) is 3.21. The zero-order chi connectivity index (χ0) is 22.9. The highest BCUT2D eigenvalue weighted by molar-refractivity contribution is 5.92. The highest BCUT2D eigenvalue weighted by Gasteiger charge is 2.25. The van der Waals surface area contributed by atoms with Crippen LogP contribution in [0.15, 0.2) is 71.5 Å². The summed E-state index contributed by atoms with van der Waals surface area (Å²) < 4.78 is 15.5. The summed E-state index contributed by atoms with van der Waals surface area (Å²) >= 11 is 0. The normalized spacial score (nSPS) is 11.8. The molecule has 0 unspecified atom stereocenters. The fraction of sp³-hybridized carbons (Fsp3) is 0.240. The van der Waals surface area contributed by atoms with Crippen molar-refractivity contribution in [2.24, 2.45) is 0 Å². The van der Waals surface area contributed by atoms with Crippen LogP contribution in [-0.2, 0) is 16.1 Å². The molecule has 166 valence electrons. The van der Waals surface area contributed by atoms with Gasteiger partial charge in [-0.1, -0.05) is 18.2 Å². The van der Waals surface area contributed by atoms with E-state index in [0.717, 1.165) is 17.0 Å². The van der Waals surface area contributed by atoms with Crippen molar-refractivity contribution >= 4 is 18.0 Å². The molecule has 0 aliphatic carbocycles. The monoisotopic (exact) mass is 434 g/mol. The standard InChI is InChI=1S/C25H26N2O5/c1-4-31-21-11-8-19(9-12-21)10-13-23(28)27(18(2)22-7-5-6-15-26-22)17-20-14-16-32-24(20)25(29)30-3/h5-16,18H,4,17H2,1-3H3/b13-10-/t18-/m1/s1. The van der Waals surface area contributed by atoms with Crippen molar-refractivity contribution in [3.8, 4) is 5.75 Å². The Morgan fingerprint density at radius 2 is 1.94 bits per heavy atom. The van der Waals surface area contributed by atoms with E-state index >= 15 is 0 Å². The minimum Gasteiger partial charge on any atom is -0.494 e. The van der Waals surface area contributed by atoms with Gasteiger partial charge >= 0.3 is 5.97 Å². The first kappa shape index (κ1) is 22.8. The van der Waals surface area contributed by atoms with Crippen molar-refractivity contribution in [1.29, 1.82) is 0 Å². The Hall–Kier alpha value is -3.87. The van der Waals surface area contributed by atoms with Gasteiger partial charge in [-0.25, -0.2) is 4.79 Å². The van der Waals surface area contributed by atoms with E-state index in [1.807, 2.05) is 56.3 Å². The second kappa shape index (κ2) is 10.9. The summed E-state index contributed by atoms with van der Waals surface area (Å²) in [6.45, 7) is 4.57. The summed E-state index contributed by atoms with van der Waals surface area (Å²) in [5.74, 6) is 0.0348. The predicted molar refractivity (Wildman–Crippen MR) is 120 cm³/mol. The van der Waals surface area contributed by atoms with Crippen LogP contribution in [0.3, 0.4) is 0 Å². The molecule has 0 aliphatic rings. The number of hydrogen-bond acceptors (Lipinski definition) is 6. The molecule has 2 heterocycles. The number of aromatic nitrogens is 1. The zero-order valence-corrected chi connectivity index (χ0v) is 18.4. The number of methoxy groups -OCH3 is 1. The smallest absolute Gasteiger partial charge is 0.374 e. The van der Waals surface area contributed by atoms with Crippen molar-refractivity contribution < 1.29 is 23.5 Å². The third-order valence-corrected chi connectivity index (χ3v) is 4.93. The maximum Gasteiger partial charge on any atom is 0.374 e. The molecule has 1 aromatic carbocycles. The maximum atomic E-state index is 13.2. The van der Waals surface area contributed by atoms with E-state index in [-0.39, 0.29) is 24.3 Å². The van der Waals surface area contributed by atoms with Gasteiger partial charge in [0.05, 0.1) is 38.3 Å². The van der Waals surface area contributed by atoms with Crippen molar-refractivity contribution in [3.63, 3.8) is 0 Å². The number of pyridine rings is 1. The molecule has 0 saturated heterocycles. The molecule has 1 amide bonds. The Morgan fingerprint density at radius 1 is 1.16 bits per heavy atom. The zero-order valence-electron chi connectivity index (χ0n) is 18.4. The van der Waals surface area contributed by atoms with E-state index in [4.69, 9.17) is 13.9 Å². The van der Waals surface area contributed by atoms with E-state index in [2.05, 4.69) is 4.98 Å². The lowest BCUT2D eigenvalue weighted by atomic mass is 10.1. The minimum atomic E-state index is -0.590. The predicted octanol–water partition coefficient (Wildman–Crippen LogP) is 4.66. The molecule has 0 fully saturated rings. The lowest BCUT2D eigenvalue weighted by Gasteiger charge is -2.28. The van der Waals surface area contributed by atoms with Crippen LogP contribution in [-0.4, -0.2) is 35.5 Å². The molecule has 3 rings (SSSR count). The Labute approximate surface area is 187 Å². The van der Waals surface area contributed by atoms with Crippen LogP contribution in [0.4, 0.5) is 0 Å². The number of nitrogens with zero attached hydrogens (tertiary/aromatic N) is 2. The highest BCUT2D eigenvalue weighted by Crippen LogP contribution is 2.24. The molecule has 1 atom stereocenters. The van der Waals surface area contributed by atoms with Gasteiger partial charge in [0, 0.05) is 17.8 Å². The first-order valence-electron chi connectivity index (χ1n) is 10.3. The molecule has 3 aromatic rings. The average molecular weight is 434 g/mol. The summed E-state index contributed by atoms with van der Waals surface area (Å²) in [6, 6.07) is 14.3. The van der Waals surface area contributed by atoms with Gasteiger partial charge in [-0.2, -0.15) is 0 Å². The van der Waals surface area contributed by atoms with Gasteiger partial charge in [0.15, 0.2) is 0 Å². The van der Waals surface area contributed by atoms with E-state index in [9.17, 15) is 9.59 Å². The molecule has 7 heteroatoms. The van der Waals surface area contributed by atoms with E-state index in [1.165, 1.54) is 19.4 Å². The third kappa shape index (κ3) is 5.63. The highest BCUT2D eigenvalue weighted by atomic mass is 16.5. The molecular weight excluding hydrogens is 408 g/mol. The lowest BCUT2D eigenvalue weighted by molar-refractivity contribution is -0.128. The van der Waals surface area contributed by atoms with E-state index in [1.54, 1.807) is 23.2 Å². The average Bonchev–Trinajstić information content (AvgIpc) is 3.30. The fourth-order valence-electron chi connectivity index (χ4n) is 3.21. The number of esters is 1. The van der Waals surface area contributed by atoms with E-state index < -0.39 is 5.97 Å². The van der Waals surface area contributed by atoms with Gasteiger partial charge in [0.2, 0.25) is 11.7 Å². The van der Waals surface area contributed by atoms with Crippen molar-refractivity contribution in [2.75, 3.05) is 13.7 Å². The van der Waals surface area contributed by atoms with Crippen LogP contribution in [0.1, 0.15) is 47.3 Å². The molecule has 0 N–H and O–H groups in total. The molecule has 0 bridgehead atoms. The molecular formula is C25H26N2O5. The Kier molecular flexibility index (Phi) is 7.80. The van der Waals surface area contributed by atoms with Crippen LogP contribution < -0.4 is 4.74 Å². The quantitative estimate of drug-likeness (QED) is 0.360. The summed E-state index contributed by atoms with van der Waals surface area (Å²) in [7, 11) is 1.29. The van der Waals surface area contributed by atoms with Gasteiger partial charge in [-0.3, -0.25) is 9.78 Å². The van der Waals surface area contributed by atoms with Crippen LogP contribution in [0.5, 0.6) is 5.75 Å². The number of carbonyl (C=O) groups is 2. The minimum absolute atomic E-state index is 0.0778. The summed E-state index contributed by atoms with van der Waals surface area (Å²) in [6.07, 6.45) is 6.34. The van der Waals surface area contributed by atoms with Crippen LogP contribution in [0.25, 0.3) is 6.08 Å². The summed E-state index contributed by atoms with van der Waals surface area (Å²) in [4.78, 5) is 31.2. The third-order valence-electron chi connectivity index (χ3n) is 4.93. The van der Waals surface area contributed by atoms with Crippen molar-refractivity contribution in [2.45, 2.75) is 26.4 Å². The van der Waals surface area contributed by atoms with Crippen molar-refractivity contribution in [1.82, 2.24) is 9.88 Å². The Bertz CT molecular complexity index is 1060. The number of furan rings is 1. The SMILES string of the molecule is CCOc1ccc(/C=C\C(=O)N(Cc2ccoc2C(=O)OC)[C@H](C)c2ccccn2)cc1. The molecule has 0 radical (unpaired) electrons. The van der Waals surface area contributed by atoms with Gasteiger partial charge in [0.1, 0.15) is 5.75 Å². The van der Waals surface area contributed by atoms with Crippen LogP contribution in [0.2, 0.25) is 0 Å². The van der Waals surface area contributed by atoms with Crippen molar-refractivity contribution in [3.05, 3.63) is 89.6 Å². The molecule has 7 nitrogen and oxygen atoms in total. The van der Waals surface area contributed by atoms with Gasteiger partial charge in [-0.05, 0) is 55.8 Å². The second-order valence-electron chi connectivity index (χ2n) is 7.00. The van der Waals surface area contributed by atoms with Crippen LogP contribution >= 0.6 is 0 Å². The number of amides is 1.